The smallest absolute Gasteiger partial charge is 0.111 e. The van der Waals surface area contributed by atoms with Crippen molar-refractivity contribution in [1.29, 1.82) is 0 Å². The number of benzene rings is 3. The number of unbranched alkanes of at least 4 members (excludes halogenated alkanes) is 1. The minimum absolute atomic E-state index is 0.0351. The summed E-state index contributed by atoms with van der Waals surface area (Å²) in [6.07, 6.45) is 18.2. The van der Waals surface area contributed by atoms with E-state index < -0.39 is 5.41 Å². The van der Waals surface area contributed by atoms with Crippen molar-refractivity contribution in [2.45, 2.75) is 88.6 Å². The molecular formula is C40H47FO. The van der Waals surface area contributed by atoms with Crippen LogP contribution in [0.1, 0.15) is 97.9 Å². The molecule has 0 amide bonds. The van der Waals surface area contributed by atoms with Crippen LogP contribution in [-0.2, 0) is 23.2 Å². The fourth-order valence-corrected chi connectivity index (χ4v) is 6.78. The van der Waals surface area contributed by atoms with E-state index in [9.17, 15) is 0 Å². The number of ether oxygens (including phenoxy) is 1. The number of halogens is 1. The molecule has 0 spiro atoms. The molecule has 2 unspecified atom stereocenters. The van der Waals surface area contributed by atoms with Gasteiger partial charge in [-0.2, -0.15) is 0 Å². The van der Waals surface area contributed by atoms with Crippen LogP contribution in [0, 0.1) is 5.92 Å². The lowest BCUT2D eigenvalue weighted by atomic mass is 9.71. The fourth-order valence-electron chi connectivity index (χ4n) is 6.78. The second kappa shape index (κ2) is 14.8. The minimum Gasteiger partial charge on any atom is -0.377 e. The van der Waals surface area contributed by atoms with Crippen LogP contribution < -0.4 is 0 Å². The van der Waals surface area contributed by atoms with Crippen LogP contribution in [0.3, 0.4) is 0 Å². The van der Waals surface area contributed by atoms with Gasteiger partial charge in [-0.1, -0.05) is 110 Å². The summed E-state index contributed by atoms with van der Waals surface area (Å²) in [5.41, 5.74) is 5.47. The van der Waals surface area contributed by atoms with Crippen molar-refractivity contribution in [2.75, 3.05) is 6.61 Å². The van der Waals surface area contributed by atoms with Gasteiger partial charge in [-0.05, 0) is 97.1 Å². The molecule has 0 radical (unpaired) electrons. The second-order valence-corrected chi connectivity index (χ2v) is 12.3. The molecule has 2 aliphatic rings. The molecular weight excluding hydrogens is 515 g/mol. The maximum absolute atomic E-state index is 16.2. The maximum atomic E-state index is 16.2. The first kappa shape index (κ1) is 30.2. The summed E-state index contributed by atoms with van der Waals surface area (Å²) in [6.45, 7) is 7.49. The van der Waals surface area contributed by atoms with E-state index in [4.69, 9.17) is 4.74 Å². The van der Waals surface area contributed by atoms with Gasteiger partial charge in [0.15, 0.2) is 0 Å². The van der Waals surface area contributed by atoms with Crippen molar-refractivity contribution in [3.8, 4) is 0 Å². The molecule has 2 atom stereocenters. The lowest BCUT2D eigenvalue weighted by Crippen LogP contribution is -2.27. The van der Waals surface area contributed by atoms with E-state index in [0.717, 1.165) is 55.4 Å². The molecule has 0 saturated heterocycles. The Morgan fingerprint density at radius 3 is 2.21 bits per heavy atom. The van der Waals surface area contributed by atoms with E-state index >= 15 is 4.39 Å². The van der Waals surface area contributed by atoms with Crippen LogP contribution in [0.15, 0.2) is 116 Å². The van der Waals surface area contributed by atoms with E-state index in [1.165, 1.54) is 36.8 Å². The summed E-state index contributed by atoms with van der Waals surface area (Å²) in [7, 11) is 0. The Labute approximate surface area is 253 Å². The first-order chi connectivity index (χ1) is 20.6. The average Bonchev–Trinajstić information content (AvgIpc) is 3.05. The SMILES string of the molecule is C=CC1CCC(c2ccc(CCCCC3(c4ccccc4)C=CC(c4ccc(COCCC)cc4)C=C3F)cc2)CC1. The highest BCUT2D eigenvalue weighted by atomic mass is 19.1. The van der Waals surface area contributed by atoms with Gasteiger partial charge in [0.2, 0.25) is 0 Å². The number of rotatable bonds is 13. The molecule has 220 valence electrons. The van der Waals surface area contributed by atoms with Crippen molar-refractivity contribution >= 4 is 0 Å². The Kier molecular flexibility index (Phi) is 10.6. The van der Waals surface area contributed by atoms with Gasteiger partial charge in [0.1, 0.15) is 5.83 Å². The largest absolute Gasteiger partial charge is 0.377 e. The van der Waals surface area contributed by atoms with Crippen LogP contribution in [0.25, 0.3) is 0 Å². The highest BCUT2D eigenvalue weighted by molar-refractivity contribution is 5.46. The zero-order chi connectivity index (χ0) is 29.2. The molecule has 0 bridgehead atoms. The normalized spacial score (nSPS) is 23.9. The molecule has 0 N–H and O–H groups in total. The van der Waals surface area contributed by atoms with Crippen molar-refractivity contribution in [3.05, 3.63) is 143 Å². The van der Waals surface area contributed by atoms with E-state index in [2.05, 4.69) is 92.4 Å². The first-order valence-electron chi connectivity index (χ1n) is 16.1. The molecule has 2 heteroatoms. The molecule has 2 aliphatic carbocycles. The summed E-state index contributed by atoms with van der Waals surface area (Å²) >= 11 is 0. The lowest BCUT2D eigenvalue weighted by Gasteiger charge is -2.34. The van der Waals surface area contributed by atoms with Gasteiger partial charge in [-0.3, -0.25) is 0 Å². The summed E-state index contributed by atoms with van der Waals surface area (Å²) in [5.74, 6) is 1.30. The molecule has 1 nitrogen and oxygen atoms in total. The topological polar surface area (TPSA) is 9.23 Å². The van der Waals surface area contributed by atoms with Crippen molar-refractivity contribution < 1.29 is 9.13 Å². The Hall–Kier alpha value is -3.23. The summed E-state index contributed by atoms with van der Waals surface area (Å²) in [4.78, 5) is 0. The molecule has 3 aromatic carbocycles. The molecule has 1 fully saturated rings. The predicted molar refractivity (Wildman–Crippen MR) is 174 cm³/mol. The highest BCUT2D eigenvalue weighted by Crippen LogP contribution is 2.45. The Morgan fingerprint density at radius 1 is 0.857 bits per heavy atom. The van der Waals surface area contributed by atoms with Gasteiger partial charge in [0, 0.05) is 12.5 Å². The van der Waals surface area contributed by atoms with E-state index in [0.29, 0.717) is 18.4 Å². The van der Waals surface area contributed by atoms with Crippen LogP contribution in [0.5, 0.6) is 0 Å². The van der Waals surface area contributed by atoms with E-state index in [-0.39, 0.29) is 11.7 Å². The third kappa shape index (κ3) is 7.39. The maximum Gasteiger partial charge on any atom is 0.111 e. The van der Waals surface area contributed by atoms with Crippen LogP contribution >= 0.6 is 0 Å². The zero-order valence-corrected chi connectivity index (χ0v) is 25.3. The van der Waals surface area contributed by atoms with Crippen molar-refractivity contribution in [2.24, 2.45) is 5.92 Å². The molecule has 3 aromatic rings. The van der Waals surface area contributed by atoms with Gasteiger partial charge in [0.05, 0.1) is 12.0 Å². The van der Waals surface area contributed by atoms with Gasteiger partial charge >= 0.3 is 0 Å². The standard InChI is InChI=1S/C40H47FO/c1-3-28-42-30-33-17-23-36(24-18-33)37-25-27-40(39(41)29-37,38-11-6-5-7-12-38)26-9-8-10-32-15-21-35(22-16-32)34-19-13-31(4-2)14-20-34/h4-7,11-12,15-18,21-25,27,29,31,34,37H,2-3,8-10,13-14,19-20,26,28,30H2,1H3. The minimum atomic E-state index is -0.695. The van der Waals surface area contributed by atoms with E-state index in [1.807, 2.05) is 24.3 Å². The Balaban J connectivity index is 1.20. The van der Waals surface area contributed by atoms with Crippen molar-refractivity contribution in [3.63, 3.8) is 0 Å². The molecule has 42 heavy (non-hydrogen) atoms. The molecule has 5 rings (SSSR count). The van der Waals surface area contributed by atoms with Crippen LogP contribution in [0.2, 0.25) is 0 Å². The fraction of sp³-hybridized carbons (Fsp3) is 0.400. The number of allylic oxidation sites excluding steroid dienone is 5. The molecule has 1 saturated carbocycles. The third-order valence-electron chi connectivity index (χ3n) is 9.45. The van der Waals surface area contributed by atoms with Gasteiger partial charge in [-0.25, -0.2) is 4.39 Å². The number of hydrogen-bond acceptors (Lipinski definition) is 1. The lowest BCUT2D eigenvalue weighted by molar-refractivity contribution is 0.121. The molecule has 0 aromatic heterocycles. The zero-order valence-electron chi connectivity index (χ0n) is 25.3. The van der Waals surface area contributed by atoms with Gasteiger partial charge in [0.25, 0.3) is 0 Å². The van der Waals surface area contributed by atoms with Crippen LogP contribution in [-0.4, -0.2) is 6.61 Å². The summed E-state index contributed by atoms with van der Waals surface area (Å²) in [5, 5.41) is 0. The Bertz CT molecular complexity index is 1310. The third-order valence-corrected chi connectivity index (χ3v) is 9.45. The first-order valence-corrected chi connectivity index (χ1v) is 16.1. The predicted octanol–water partition coefficient (Wildman–Crippen LogP) is 10.9. The number of hydrogen-bond donors (Lipinski definition) is 0. The van der Waals surface area contributed by atoms with Gasteiger partial charge in [-0.15, -0.1) is 6.58 Å². The molecule has 0 heterocycles. The van der Waals surface area contributed by atoms with Gasteiger partial charge < -0.3 is 4.74 Å². The van der Waals surface area contributed by atoms with E-state index in [1.54, 1.807) is 0 Å². The highest BCUT2D eigenvalue weighted by Gasteiger charge is 2.37. The van der Waals surface area contributed by atoms with Crippen molar-refractivity contribution in [1.82, 2.24) is 0 Å². The monoisotopic (exact) mass is 562 g/mol. The summed E-state index contributed by atoms with van der Waals surface area (Å²) < 4.78 is 21.9. The number of aryl methyl sites for hydroxylation is 1. The van der Waals surface area contributed by atoms with Crippen LogP contribution in [0.4, 0.5) is 4.39 Å². The summed E-state index contributed by atoms with van der Waals surface area (Å²) in [6, 6.07) is 27.9. The Morgan fingerprint density at radius 2 is 1.55 bits per heavy atom. The average molecular weight is 563 g/mol. The quantitative estimate of drug-likeness (QED) is 0.149. The second-order valence-electron chi connectivity index (χ2n) is 12.3. The molecule has 0 aliphatic heterocycles.